The van der Waals surface area contributed by atoms with Crippen LogP contribution in [0, 0.1) is 0 Å². The molecule has 1 heterocycles. The van der Waals surface area contributed by atoms with Gasteiger partial charge in [-0.05, 0) is 0 Å². The maximum absolute atomic E-state index is 14.0. The molecule has 0 aromatic rings. The third-order valence-corrected chi connectivity index (χ3v) is 31.0. The van der Waals surface area contributed by atoms with E-state index in [1.807, 2.05) is 0 Å². The Morgan fingerprint density at radius 1 is 0.225 bits per heavy atom. The smallest absolute Gasteiger partial charge is 0.325 e. The van der Waals surface area contributed by atoms with Gasteiger partial charge in [-0.15, -0.1) is 0 Å². The maximum atomic E-state index is 14.0. The third-order valence-electron chi connectivity index (χ3n) is 6.61. The molecular formula is C20H40F10O5Si5. The van der Waals surface area contributed by atoms with Crippen LogP contribution in [0.25, 0.3) is 0 Å². The van der Waals surface area contributed by atoms with Gasteiger partial charge in [-0.2, -0.15) is 0 Å². The predicted molar refractivity (Wildman–Crippen MR) is 142 cm³/mol. The second-order valence-corrected chi connectivity index (χ2v) is 27.6. The highest BCUT2D eigenvalue weighted by atomic mass is 28.5. The Balaban J connectivity index is 4.18. The normalized spacial score (nSPS) is 21.8. The van der Waals surface area contributed by atoms with E-state index in [2.05, 4.69) is 0 Å². The highest BCUT2D eigenvalue weighted by Gasteiger charge is 2.62. The van der Waals surface area contributed by atoms with Crippen molar-refractivity contribution in [1.82, 2.24) is 0 Å². The lowest BCUT2D eigenvalue weighted by Crippen LogP contribution is -2.71. The first-order chi connectivity index (χ1) is 19.1. The first kappa shape index (κ1) is 38.2. The van der Waals surface area contributed by atoms with Gasteiger partial charge in [0.2, 0.25) is 0 Å². The standard InChI is InChI=1S/C20H40F10O5Si5/c21-1-11-36(12-2-22)31-37(13-3-23,14-4-24)33-39(17-7-27,18-8-28)35-40(19-9-29,20-10-30)34-38(32-36,15-5-25)16-6-26/h1-20H2. The Bertz CT molecular complexity index is 518. The average molecular weight is 691 g/mol. The molecule has 240 valence electrons. The fourth-order valence-electron chi connectivity index (χ4n) is 4.88. The van der Waals surface area contributed by atoms with E-state index in [0.29, 0.717) is 0 Å². The molecule has 40 heavy (non-hydrogen) atoms. The summed E-state index contributed by atoms with van der Waals surface area (Å²) in [4.78, 5) is 0. The van der Waals surface area contributed by atoms with Crippen LogP contribution >= 0.6 is 0 Å². The number of hydrogen-bond acceptors (Lipinski definition) is 5. The fraction of sp³-hybridized carbons (Fsp3) is 1.00. The third kappa shape index (κ3) is 10.7. The van der Waals surface area contributed by atoms with Crippen molar-refractivity contribution in [3.8, 4) is 0 Å². The molecule has 1 rings (SSSR count). The quantitative estimate of drug-likeness (QED) is 0.102. The van der Waals surface area contributed by atoms with Crippen LogP contribution in [0.4, 0.5) is 43.9 Å². The molecule has 0 aromatic heterocycles. The van der Waals surface area contributed by atoms with Gasteiger partial charge in [0.05, 0.1) is 66.7 Å². The summed E-state index contributed by atoms with van der Waals surface area (Å²) in [6.07, 6.45) is 0. The molecule has 1 saturated heterocycles. The van der Waals surface area contributed by atoms with Gasteiger partial charge in [0.1, 0.15) is 0 Å². The minimum Gasteiger partial charge on any atom is -0.415 e. The molecule has 1 aliphatic rings. The van der Waals surface area contributed by atoms with Gasteiger partial charge >= 0.3 is 42.8 Å². The monoisotopic (exact) mass is 690 g/mol. The van der Waals surface area contributed by atoms with Crippen molar-refractivity contribution < 1.29 is 64.5 Å². The minimum atomic E-state index is -4.39. The zero-order valence-corrected chi connectivity index (χ0v) is 27.5. The van der Waals surface area contributed by atoms with Crippen LogP contribution < -0.4 is 0 Å². The zero-order chi connectivity index (χ0) is 30.2. The molecule has 0 atom stereocenters. The topological polar surface area (TPSA) is 46.2 Å². The zero-order valence-electron chi connectivity index (χ0n) is 22.5. The molecule has 1 fully saturated rings. The van der Waals surface area contributed by atoms with E-state index in [0.717, 1.165) is 0 Å². The molecule has 0 unspecified atom stereocenters. The molecule has 0 spiro atoms. The van der Waals surface area contributed by atoms with Crippen LogP contribution in [0.1, 0.15) is 0 Å². The Labute approximate surface area is 234 Å². The van der Waals surface area contributed by atoms with Crippen LogP contribution in [0.5, 0.6) is 0 Å². The van der Waals surface area contributed by atoms with Crippen LogP contribution in [0.3, 0.4) is 0 Å². The minimum absolute atomic E-state index is 0.632. The average Bonchev–Trinajstić information content (AvgIpc) is 2.85. The largest absolute Gasteiger partial charge is 0.415 e. The molecular weight excluding hydrogens is 651 g/mol. The highest BCUT2D eigenvalue weighted by molar-refractivity contribution is 6.95. The molecule has 0 aliphatic carbocycles. The lowest BCUT2D eigenvalue weighted by Gasteiger charge is -2.52. The Hall–Kier alpha value is 0.184. The van der Waals surface area contributed by atoms with E-state index in [1.165, 1.54) is 0 Å². The van der Waals surface area contributed by atoms with Crippen LogP contribution in [0.2, 0.25) is 60.4 Å². The molecule has 0 N–H and O–H groups in total. The van der Waals surface area contributed by atoms with Crippen molar-refractivity contribution in [3.63, 3.8) is 0 Å². The Morgan fingerprint density at radius 2 is 0.325 bits per heavy atom. The van der Waals surface area contributed by atoms with Gasteiger partial charge in [-0.25, -0.2) is 0 Å². The summed E-state index contributed by atoms with van der Waals surface area (Å²) in [7, 11) is -21.9. The van der Waals surface area contributed by atoms with Crippen molar-refractivity contribution in [1.29, 1.82) is 0 Å². The summed E-state index contributed by atoms with van der Waals surface area (Å²) < 4.78 is 171. The number of halogens is 10. The van der Waals surface area contributed by atoms with Gasteiger partial charge in [-0.3, -0.25) is 43.9 Å². The molecule has 0 radical (unpaired) electrons. The van der Waals surface area contributed by atoms with Crippen molar-refractivity contribution in [3.05, 3.63) is 0 Å². The van der Waals surface area contributed by atoms with Crippen molar-refractivity contribution in [2.24, 2.45) is 0 Å². The van der Waals surface area contributed by atoms with Gasteiger partial charge in [-0.1, -0.05) is 0 Å². The van der Waals surface area contributed by atoms with E-state index in [1.54, 1.807) is 0 Å². The van der Waals surface area contributed by atoms with Gasteiger partial charge in [0, 0.05) is 60.4 Å². The molecule has 5 nitrogen and oxygen atoms in total. The SMILES string of the molecule is FCC[Si]1(CCF)O[Si](CCF)(CCF)O[Si](CCF)(CCF)O[Si](CCF)(CCF)O[Si](CCF)(CCF)O1. The Morgan fingerprint density at radius 3 is 0.400 bits per heavy atom. The first-order valence-corrected chi connectivity index (χ1v) is 24.4. The molecule has 0 amide bonds. The second-order valence-electron chi connectivity index (χ2n) is 9.45. The van der Waals surface area contributed by atoms with Gasteiger partial charge in [0.25, 0.3) is 0 Å². The summed E-state index contributed by atoms with van der Waals surface area (Å²) >= 11 is 0. The molecule has 0 saturated carbocycles. The van der Waals surface area contributed by atoms with E-state index in [4.69, 9.17) is 20.6 Å². The molecule has 20 heteroatoms. The summed E-state index contributed by atoms with van der Waals surface area (Å²) in [5.41, 5.74) is 0. The van der Waals surface area contributed by atoms with Crippen LogP contribution in [-0.2, 0) is 20.6 Å². The highest BCUT2D eigenvalue weighted by Crippen LogP contribution is 2.43. The number of alkyl halides is 10. The predicted octanol–water partition coefficient (Wildman–Crippen LogP) is 6.99. The van der Waals surface area contributed by atoms with E-state index >= 15 is 0 Å². The number of rotatable bonds is 20. The van der Waals surface area contributed by atoms with Crippen LogP contribution in [-0.4, -0.2) is 110 Å². The fourth-order valence-corrected chi connectivity index (χ4v) is 33.4. The summed E-state index contributed by atoms with van der Waals surface area (Å²) in [6, 6.07) is -6.32. The summed E-state index contributed by atoms with van der Waals surface area (Å²) in [6.45, 7) is -11.8. The lowest BCUT2D eigenvalue weighted by atomic mass is 10.9. The van der Waals surface area contributed by atoms with Crippen LogP contribution in [0.15, 0.2) is 0 Å². The van der Waals surface area contributed by atoms with Crippen molar-refractivity contribution in [2.75, 3.05) is 66.7 Å². The summed E-state index contributed by atoms with van der Waals surface area (Å²) in [5, 5.41) is 0. The molecule has 0 aromatic carbocycles. The van der Waals surface area contributed by atoms with E-state index < -0.39 is 170 Å². The first-order valence-electron chi connectivity index (χ1n) is 13.2. The Kier molecular flexibility index (Phi) is 17.9. The summed E-state index contributed by atoms with van der Waals surface area (Å²) in [5.74, 6) is 0. The van der Waals surface area contributed by atoms with Gasteiger partial charge < -0.3 is 20.6 Å². The van der Waals surface area contributed by atoms with Gasteiger partial charge in [0.15, 0.2) is 0 Å². The lowest BCUT2D eigenvalue weighted by molar-refractivity contribution is 0.194. The van der Waals surface area contributed by atoms with E-state index in [-0.39, 0.29) is 0 Å². The van der Waals surface area contributed by atoms with E-state index in [9.17, 15) is 43.9 Å². The van der Waals surface area contributed by atoms with Crippen molar-refractivity contribution in [2.45, 2.75) is 60.4 Å². The maximum Gasteiger partial charge on any atom is 0.325 e. The number of hydrogen-bond donors (Lipinski definition) is 0. The molecule has 0 bridgehead atoms. The second kappa shape index (κ2) is 18.8. The van der Waals surface area contributed by atoms with Crippen molar-refractivity contribution >= 4 is 42.8 Å². The molecule has 1 aliphatic heterocycles.